The van der Waals surface area contributed by atoms with Crippen LogP contribution in [-0.4, -0.2) is 43.4 Å². The highest BCUT2D eigenvalue weighted by Gasteiger charge is 2.25. The van der Waals surface area contributed by atoms with E-state index in [0.717, 1.165) is 45.4 Å². The maximum Gasteiger partial charge on any atom is 0.355 e. The van der Waals surface area contributed by atoms with Crippen molar-refractivity contribution in [2.24, 2.45) is 0 Å². The van der Waals surface area contributed by atoms with E-state index in [1.165, 1.54) is 11.3 Å². The third-order valence-corrected chi connectivity index (χ3v) is 8.43. The summed E-state index contributed by atoms with van der Waals surface area (Å²) >= 11 is 1.44. The van der Waals surface area contributed by atoms with Crippen molar-refractivity contribution in [3.8, 4) is 22.4 Å². The van der Waals surface area contributed by atoms with E-state index in [1.807, 2.05) is 85.1 Å². The van der Waals surface area contributed by atoms with Crippen molar-refractivity contribution in [1.29, 1.82) is 0 Å². The molecule has 7 rings (SSSR count). The summed E-state index contributed by atoms with van der Waals surface area (Å²) in [5, 5.41) is 18.0. The van der Waals surface area contributed by atoms with Gasteiger partial charge in [0.05, 0.1) is 28.7 Å². The maximum absolute atomic E-state index is 13.4. The van der Waals surface area contributed by atoms with E-state index in [-0.39, 0.29) is 11.7 Å². The second kappa shape index (κ2) is 11.1. The van der Waals surface area contributed by atoms with Crippen molar-refractivity contribution in [3.05, 3.63) is 114 Å². The summed E-state index contributed by atoms with van der Waals surface area (Å²) in [5.41, 5.74) is 6.13. The van der Waals surface area contributed by atoms with E-state index in [2.05, 4.69) is 20.4 Å². The molecule has 4 heterocycles. The van der Waals surface area contributed by atoms with Crippen LogP contribution in [0.15, 0.2) is 97.3 Å². The molecule has 2 N–H and O–H groups in total. The van der Waals surface area contributed by atoms with Gasteiger partial charge in [-0.2, -0.15) is 5.10 Å². The standard InChI is InChI=1S/C33H26N6O3S/c40-31(41)30-25(24-18-34-38(20-24)19-21-7-2-1-3-8-21)14-15-26(35-30)23-13-12-22-9-6-16-39(28(22)17-23)33(42)37-32-36-27-10-4-5-11-29(27)43-32/h1-5,7-8,10-15,17-18,20H,6,9,16,19H2,(H,40,41)(H,36,37,42). The Bertz CT molecular complexity index is 1950. The summed E-state index contributed by atoms with van der Waals surface area (Å²) in [6.45, 7) is 1.14. The monoisotopic (exact) mass is 586 g/mol. The van der Waals surface area contributed by atoms with Gasteiger partial charge in [0, 0.05) is 35.1 Å². The molecule has 0 saturated carbocycles. The van der Waals surface area contributed by atoms with E-state index < -0.39 is 5.97 Å². The number of carbonyl (C=O) groups excluding carboxylic acids is 1. The van der Waals surface area contributed by atoms with E-state index in [4.69, 9.17) is 0 Å². The van der Waals surface area contributed by atoms with Crippen LogP contribution in [0, 0.1) is 0 Å². The predicted molar refractivity (Wildman–Crippen MR) is 168 cm³/mol. The van der Waals surface area contributed by atoms with Gasteiger partial charge in [-0.25, -0.2) is 19.6 Å². The molecule has 0 unspecified atom stereocenters. The highest BCUT2D eigenvalue weighted by Crippen LogP contribution is 2.34. The first-order chi connectivity index (χ1) is 21.0. The normalized spacial score (nSPS) is 12.7. The van der Waals surface area contributed by atoms with Crippen LogP contribution < -0.4 is 10.2 Å². The van der Waals surface area contributed by atoms with E-state index in [1.54, 1.807) is 21.8 Å². The van der Waals surface area contributed by atoms with Crippen LogP contribution in [0.5, 0.6) is 0 Å². The van der Waals surface area contributed by atoms with Crippen LogP contribution in [0.2, 0.25) is 0 Å². The number of para-hydroxylation sites is 1. The second-order valence-electron chi connectivity index (χ2n) is 10.3. The van der Waals surface area contributed by atoms with Crippen molar-refractivity contribution in [1.82, 2.24) is 19.7 Å². The number of aromatic carboxylic acids is 1. The molecule has 212 valence electrons. The number of hydrogen-bond acceptors (Lipinski definition) is 6. The Labute approximate surface area is 251 Å². The number of amides is 2. The largest absolute Gasteiger partial charge is 0.476 e. The van der Waals surface area contributed by atoms with Crippen LogP contribution in [-0.2, 0) is 13.0 Å². The molecular weight excluding hydrogens is 560 g/mol. The Morgan fingerprint density at radius 1 is 0.930 bits per heavy atom. The topological polar surface area (TPSA) is 113 Å². The van der Waals surface area contributed by atoms with Gasteiger partial charge in [0.1, 0.15) is 0 Å². The molecule has 0 saturated heterocycles. The smallest absolute Gasteiger partial charge is 0.355 e. The quantitative estimate of drug-likeness (QED) is 0.218. The Morgan fingerprint density at radius 2 is 1.77 bits per heavy atom. The lowest BCUT2D eigenvalue weighted by Gasteiger charge is -2.29. The summed E-state index contributed by atoms with van der Waals surface area (Å²) in [6.07, 6.45) is 5.18. The van der Waals surface area contributed by atoms with Gasteiger partial charge >= 0.3 is 12.0 Å². The minimum Gasteiger partial charge on any atom is -0.476 e. The number of pyridine rings is 1. The predicted octanol–water partition coefficient (Wildman–Crippen LogP) is 6.95. The zero-order chi connectivity index (χ0) is 29.3. The molecule has 0 aliphatic carbocycles. The Balaban J connectivity index is 1.17. The molecule has 1 aliphatic heterocycles. The number of nitrogens with zero attached hydrogens (tertiary/aromatic N) is 5. The fraction of sp³-hybridized carbons (Fsp3) is 0.121. The number of urea groups is 1. The summed E-state index contributed by atoms with van der Waals surface area (Å²) in [6, 6.07) is 26.9. The van der Waals surface area contributed by atoms with Gasteiger partial charge in [-0.3, -0.25) is 14.9 Å². The van der Waals surface area contributed by atoms with Gasteiger partial charge in [0.25, 0.3) is 0 Å². The van der Waals surface area contributed by atoms with Crippen molar-refractivity contribution in [2.75, 3.05) is 16.8 Å². The first-order valence-electron chi connectivity index (χ1n) is 13.9. The highest BCUT2D eigenvalue weighted by molar-refractivity contribution is 7.22. The maximum atomic E-state index is 13.4. The molecule has 9 nitrogen and oxygen atoms in total. The molecule has 0 bridgehead atoms. The van der Waals surface area contributed by atoms with Crippen LogP contribution in [0.3, 0.4) is 0 Å². The van der Waals surface area contributed by atoms with Crippen LogP contribution >= 0.6 is 11.3 Å². The number of aromatic nitrogens is 4. The number of rotatable bonds is 6. The van der Waals surface area contributed by atoms with Crippen LogP contribution in [0.1, 0.15) is 28.0 Å². The lowest BCUT2D eigenvalue weighted by Crippen LogP contribution is -2.38. The fourth-order valence-electron chi connectivity index (χ4n) is 5.40. The summed E-state index contributed by atoms with van der Waals surface area (Å²) in [4.78, 5) is 36.6. The number of aryl methyl sites for hydroxylation is 1. The minimum absolute atomic E-state index is 0.0556. The van der Waals surface area contributed by atoms with Crippen LogP contribution in [0.25, 0.3) is 32.6 Å². The van der Waals surface area contributed by atoms with Gasteiger partial charge < -0.3 is 5.11 Å². The van der Waals surface area contributed by atoms with Gasteiger partial charge in [-0.05, 0) is 54.3 Å². The Hall–Kier alpha value is -5.35. The summed E-state index contributed by atoms with van der Waals surface area (Å²) in [7, 11) is 0. The van der Waals surface area contributed by atoms with Crippen molar-refractivity contribution in [2.45, 2.75) is 19.4 Å². The lowest BCUT2D eigenvalue weighted by atomic mass is 9.98. The number of benzene rings is 3. The van der Waals surface area contributed by atoms with Crippen LogP contribution in [0.4, 0.5) is 15.6 Å². The number of carboxylic acids is 1. The van der Waals surface area contributed by atoms with E-state index in [0.29, 0.717) is 35.0 Å². The number of fused-ring (bicyclic) bond motifs is 2. The third-order valence-electron chi connectivity index (χ3n) is 7.48. The van der Waals surface area contributed by atoms with E-state index in [9.17, 15) is 14.7 Å². The molecule has 1 aliphatic rings. The molecule has 10 heteroatoms. The van der Waals surface area contributed by atoms with Gasteiger partial charge in [-0.1, -0.05) is 65.9 Å². The summed E-state index contributed by atoms with van der Waals surface area (Å²) in [5.74, 6) is -1.12. The average molecular weight is 587 g/mol. The third kappa shape index (κ3) is 5.35. The molecule has 0 fully saturated rings. The minimum atomic E-state index is -1.12. The Morgan fingerprint density at radius 3 is 2.60 bits per heavy atom. The van der Waals surface area contributed by atoms with Gasteiger partial charge in [0.15, 0.2) is 10.8 Å². The zero-order valence-corrected chi connectivity index (χ0v) is 23.8. The SMILES string of the molecule is O=C(O)c1nc(-c2ccc3c(c2)N(C(=O)Nc2nc4ccccc4s2)CCC3)ccc1-c1cnn(Cc2ccccc2)c1. The van der Waals surface area contributed by atoms with Crippen molar-refractivity contribution >= 4 is 44.4 Å². The second-order valence-corrected chi connectivity index (χ2v) is 11.4. The molecule has 0 radical (unpaired) electrons. The van der Waals surface area contributed by atoms with Gasteiger partial charge in [0.2, 0.25) is 0 Å². The number of nitrogens with one attached hydrogen (secondary N) is 1. The summed E-state index contributed by atoms with van der Waals surface area (Å²) < 4.78 is 2.79. The molecule has 2 amide bonds. The zero-order valence-electron chi connectivity index (χ0n) is 23.0. The van der Waals surface area contributed by atoms with Crippen molar-refractivity contribution < 1.29 is 14.7 Å². The fourth-order valence-corrected chi connectivity index (χ4v) is 6.26. The average Bonchev–Trinajstić information content (AvgIpc) is 3.67. The highest BCUT2D eigenvalue weighted by atomic mass is 32.1. The molecular formula is C33H26N6O3S. The number of carboxylic acid groups (broad SMARTS) is 1. The molecule has 0 atom stereocenters. The number of carbonyl (C=O) groups is 2. The van der Waals surface area contributed by atoms with Crippen molar-refractivity contribution in [3.63, 3.8) is 0 Å². The number of anilines is 2. The first-order valence-corrected chi connectivity index (χ1v) is 14.7. The number of hydrogen-bond donors (Lipinski definition) is 2. The molecule has 0 spiro atoms. The molecule has 3 aromatic carbocycles. The number of thiazole rings is 1. The first kappa shape index (κ1) is 26.5. The molecule has 43 heavy (non-hydrogen) atoms. The van der Waals surface area contributed by atoms with E-state index >= 15 is 0 Å². The lowest BCUT2D eigenvalue weighted by molar-refractivity contribution is 0.0691. The Kier molecular flexibility index (Phi) is 6.88. The molecule has 6 aromatic rings. The van der Waals surface area contributed by atoms with Gasteiger partial charge in [-0.15, -0.1) is 0 Å². The molecule has 3 aromatic heterocycles.